The summed E-state index contributed by atoms with van der Waals surface area (Å²) in [5.74, 6) is 0.781. The van der Waals surface area contributed by atoms with Gasteiger partial charge in [-0.1, -0.05) is 35.9 Å². The molecule has 3 heteroatoms. The van der Waals surface area contributed by atoms with Gasteiger partial charge in [-0.2, -0.15) is 0 Å². The minimum Gasteiger partial charge on any atom is -0.338 e. The second-order valence-corrected chi connectivity index (χ2v) is 4.76. The van der Waals surface area contributed by atoms with Crippen LogP contribution >= 0.6 is 0 Å². The van der Waals surface area contributed by atoms with Gasteiger partial charge >= 0.3 is 0 Å². The molecule has 0 aliphatic rings. The van der Waals surface area contributed by atoms with Crippen LogP contribution in [-0.2, 0) is 0 Å². The second kappa shape index (κ2) is 5.13. The maximum atomic E-state index is 10.7. The highest BCUT2D eigenvalue weighted by molar-refractivity contribution is 5.86. The van der Waals surface area contributed by atoms with Crippen LogP contribution < -0.4 is 0 Å². The molecule has 3 nitrogen and oxygen atoms in total. The Kier molecular flexibility index (Phi) is 3.17. The molecule has 0 unspecified atom stereocenters. The van der Waals surface area contributed by atoms with Gasteiger partial charge < -0.3 is 4.98 Å². The number of aryl methyl sites for hydroxylation is 1. The highest BCUT2D eigenvalue weighted by Crippen LogP contribution is 2.15. The summed E-state index contributed by atoms with van der Waals surface area (Å²) in [6, 6.07) is 13.7. The molecule has 0 bridgehead atoms. The molecule has 1 aromatic heterocycles. The molecular formula is C17H14N2O. The van der Waals surface area contributed by atoms with E-state index in [1.807, 2.05) is 18.2 Å². The molecule has 1 heterocycles. The van der Waals surface area contributed by atoms with Gasteiger partial charge in [0.15, 0.2) is 0 Å². The third-order valence-electron chi connectivity index (χ3n) is 3.17. The number of nitrogens with one attached hydrogen (secondary N) is 1. The van der Waals surface area contributed by atoms with Crippen LogP contribution in [0.15, 0.2) is 42.5 Å². The quantitative estimate of drug-likeness (QED) is 0.728. The molecule has 0 radical (unpaired) electrons. The molecule has 0 amide bonds. The van der Waals surface area contributed by atoms with Gasteiger partial charge in [-0.15, -0.1) is 0 Å². The number of aromatic nitrogens is 2. The zero-order valence-electron chi connectivity index (χ0n) is 11.1. The number of aldehydes is 1. The highest BCUT2D eigenvalue weighted by Gasteiger charge is 2.01. The van der Waals surface area contributed by atoms with Crippen molar-refractivity contribution in [3.05, 3.63) is 65.0 Å². The summed E-state index contributed by atoms with van der Waals surface area (Å²) in [5, 5.41) is 0. The number of hydrogen-bond donors (Lipinski definition) is 1. The molecule has 0 spiro atoms. The lowest BCUT2D eigenvalue weighted by atomic mass is 10.1. The van der Waals surface area contributed by atoms with E-state index in [1.165, 1.54) is 5.56 Å². The number of benzene rings is 2. The average Bonchev–Trinajstić information content (AvgIpc) is 2.88. The number of H-pyrrole nitrogens is 1. The van der Waals surface area contributed by atoms with Crippen molar-refractivity contribution in [3.63, 3.8) is 0 Å². The van der Waals surface area contributed by atoms with E-state index in [4.69, 9.17) is 0 Å². The third kappa shape index (κ3) is 2.52. The number of carbonyl (C=O) groups excluding carboxylic acids is 1. The third-order valence-corrected chi connectivity index (χ3v) is 3.17. The number of aromatic amines is 1. The van der Waals surface area contributed by atoms with Crippen LogP contribution in [0.2, 0.25) is 0 Å². The van der Waals surface area contributed by atoms with E-state index in [0.717, 1.165) is 28.7 Å². The minimum absolute atomic E-state index is 0.648. The molecule has 98 valence electrons. The Hall–Kier alpha value is -2.68. The summed E-state index contributed by atoms with van der Waals surface area (Å²) < 4.78 is 0. The maximum absolute atomic E-state index is 10.7. The monoisotopic (exact) mass is 262 g/mol. The van der Waals surface area contributed by atoms with Gasteiger partial charge in [-0.25, -0.2) is 4.98 Å². The molecule has 3 aromatic rings. The molecule has 2 aromatic carbocycles. The zero-order chi connectivity index (χ0) is 13.9. The summed E-state index contributed by atoms with van der Waals surface area (Å²) in [5.41, 5.74) is 4.75. The molecular weight excluding hydrogens is 248 g/mol. The molecule has 0 aliphatic heterocycles. The number of nitrogens with zero attached hydrogens (tertiary/aromatic N) is 1. The standard InChI is InChI=1S/C17H14N2O/c1-12-2-4-13(5-3-12)7-9-17-18-15-8-6-14(11-20)10-16(15)19-17/h2-11H,1H3,(H,18,19)/b9-7+. The van der Waals surface area contributed by atoms with Gasteiger partial charge in [0.25, 0.3) is 0 Å². The first-order valence-electron chi connectivity index (χ1n) is 6.44. The van der Waals surface area contributed by atoms with Crippen LogP contribution in [0.4, 0.5) is 0 Å². The molecule has 3 rings (SSSR count). The molecule has 0 atom stereocenters. The van der Waals surface area contributed by atoms with Crippen molar-refractivity contribution in [2.75, 3.05) is 0 Å². The summed E-state index contributed by atoms with van der Waals surface area (Å²) in [4.78, 5) is 18.4. The molecule has 20 heavy (non-hydrogen) atoms. The van der Waals surface area contributed by atoms with Crippen LogP contribution in [0.3, 0.4) is 0 Å². The fraction of sp³-hybridized carbons (Fsp3) is 0.0588. The summed E-state index contributed by atoms with van der Waals surface area (Å²) in [7, 11) is 0. The summed E-state index contributed by atoms with van der Waals surface area (Å²) in [6.07, 6.45) is 4.78. The second-order valence-electron chi connectivity index (χ2n) is 4.76. The van der Waals surface area contributed by atoms with E-state index >= 15 is 0 Å². The Bertz CT molecular complexity index is 782. The maximum Gasteiger partial charge on any atom is 0.150 e. The Morgan fingerprint density at radius 3 is 2.50 bits per heavy atom. The lowest BCUT2D eigenvalue weighted by Crippen LogP contribution is -1.78. The lowest BCUT2D eigenvalue weighted by molar-refractivity contribution is 0.112. The Labute approximate surface area is 117 Å². The number of hydrogen-bond acceptors (Lipinski definition) is 2. The van der Waals surface area contributed by atoms with E-state index in [-0.39, 0.29) is 0 Å². The van der Waals surface area contributed by atoms with E-state index in [0.29, 0.717) is 5.56 Å². The van der Waals surface area contributed by atoms with Crippen LogP contribution in [0.25, 0.3) is 23.2 Å². The SMILES string of the molecule is Cc1ccc(/C=C/c2nc3ccc(C=O)cc3[nH]2)cc1. The number of rotatable bonds is 3. The van der Waals surface area contributed by atoms with Crippen LogP contribution in [0.5, 0.6) is 0 Å². The molecule has 0 saturated carbocycles. The van der Waals surface area contributed by atoms with Gasteiger partial charge in [0.1, 0.15) is 12.1 Å². The van der Waals surface area contributed by atoms with Gasteiger partial charge in [0, 0.05) is 5.56 Å². The summed E-state index contributed by atoms with van der Waals surface area (Å²) in [6.45, 7) is 2.07. The van der Waals surface area contributed by atoms with Crippen LogP contribution in [0.1, 0.15) is 27.3 Å². The van der Waals surface area contributed by atoms with Crippen molar-refractivity contribution < 1.29 is 4.79 Å². The van der Waals surface area contributed by atoms with Crippen molar-refractivity contribution in [1.29, 1.82) is 0 Å². The van der Waals surface area contributed by atoms with Gasteiger partial charge in [0.05, 0.1) is 11.0 Å². The van der Waals surface area contributed by atoms with Crippen molar-refractivity contribution in [2.24, 2.45) is 0 Å². The fourth-order valence-electron chi connectivity index (χ4n) is 2.05. The van der Waals surface area contributed by atoms with Crippen molar-refractivity contribution in [1.82, 2.24) is 9.97 Å². The zero-order valence-corrected chi connectivity index (χ0v) is 11.1. The first kappa shape index (κ1) is 12.4. The van der Waals surface area contributed by atoms with Gasteiger partial charge in [-0.05, 0) is 36.8 Å². The number of fused-ring (bicyclic) bond motifs is 1. The summed E-state index contributed by atoms with van der Waals surface area (Å²) >= 11 is 0. The van der Waals surface area contributed by atoms with Gasteiger partial charge in [-0.3, -0.25) is 4.79 Å². The van der Waals surface area contributed by atoms with Crippen LogP contribution in [0, 0.1) is 6.92 Å². The predicted molar refractivity (Wildman–Crippen MR) is 81.6 cm³/mol. The first-order valence-corrected chi connectivity index (χ1v) is 6.44. The molecule has 0 aliphatic carbocycles. The number of carbonyl (C=O) groups is 1. The van der Waals surface area contributed by atoms with E-state index in [2.05, 4.69) is 41.2 Å². The molecule has 0 saturated heterocycles. The smallest absolute Gasteiger partial charge is 0.150 e. The predicted octanol–water partition coefficient (Wildman–Crippen LogP) is 3.85. The average molecular weight is 262 g/mol. The Morgan fingerprint density at radius 1 is 1.00 bits per heavy atom. The van der Waals surface area contributed by atoms with E-state index in [9.17, 15) is 4.79 Å². The van der Waals surface area contributed by atoms with Crippen molar-refractivity contribution in [2.45, 2.75) is 6.92 Å². The number of imidazole rings is 1. The van der Waals surface area contributed by atoms with E-state index in [1.54, 1.807) is 12.1 Å². The topological polar surface area (TPSA) is 45.8 Å². The van der Waals surface area contributed by atoms with Crippen LogP contribution in [-0.4, -0.2) is 16.3 Å². The fourth-order valence-corrected chi connectivity index (χ4v) is 2.05. The largest absolute Gasteiger partial charge is 0.338 e. The molecule has 1 N–H and O–H groups in total. The Balaban J connectivity index is 1.90. The normalized spacial score (nSPS) is 11.2. The highest BCUT2D eigenvalue weighted by atomic mass is 16.1. The Morgan fingerprint density at radius 2 is 1.75 bits per heavy atom. The first-order chi connectivity index (χ1) is 9.74. The van der Waals surface area contributed by atoms with Gasteiger partial charge in [0.2, 0.25) is 0 Å². The van der Waals surface area contributed by atoms with Crippen molar-refractivity contribution in [3.8, 4) is 0 Å². The molecule has 0 fully saturated rings. The minimum atomic E-state index is 0.648. The van der Waals surface area contributed by atoms with Crippen molar-refractivity contribution >= 4 is 29.5 Å². The van der Waals surface area contributed by atoms with E-state index < -0.39 is 0 Å². The lowest BCUT2D eigenvalue weighted by Gasteiger charge is -1.93.